The standard InChI is InChI=1S/C25H28N4O2/c1-17(30)29-11-9-19(10-12-29)21-7-8-23(22(14-21)20-5-3-2-4-6-20)28-25(31)24-13-18(15-26)16-27-24/h5,7-8,13-14,16,19,27H,2-4,6,9-12H2,1H3,(H,28,31). The lowest BCUT2D eigenvalue weighted by Gasteiger charge is -2.32. The minimum atomic E-state index is -0.248. The maximum absolute atomic E-state index is 12.8. The van der Waals surface area contributed by atoms with Crippen molar-refractivity contribution in [3.8, 4) is 6.07 Å². The molecular formula is C25H28N4O2. The summed E-state index contributed by atoms with van der Waals surface area (Å²) >= 11 is 0. The van der Waals surface area contributed by atoms with E-state index in [0.29, 0.717) is 17.2 Å². The van der Waals surface area contributed by atoms with Crippen molar-refractivity contribution in [2.75, 3.05) is 18.4 Å². The summed E-state index contributed by atoms with van der Waals surface area (Å²) in [6.45, 7) is 3.23. The molecule has 0 saturated carbocycles. The van der Waals surface area contributed by atoms with E-state index in [-0.39, 0.29) is 11.8 Å². The highest BCUT2D eigenvalue weighted by molar-refractivity contribution is 6.04. The van der Waals surface area contributed by atoms with E-state index in [9.17, 15) is 9.59 Å². The number of aromatic nitrogens is 1. The Balaban J connectivity index is 1.59. The Morgan fingerprint density at radius 2 is 2.00 bits per heavy atom. The molecule has 31 heavy (non-hydrogen) atoms. The summed E-state index contributed by atoms with van der Waals surface area (Å²) < 4.78 is 0. The molecule has 1 aliphatic heterocycles. The number of aromatic amines is 1. The van der Waals surface area contributed by atoms with E-state index in [1.807, 2.05) is 17.0 Å². The minimum Gasteiger partial charge on any atom is -0.356 e. The van der Waals surface area contributed by atoms with Crippen LogP contribution in [-0.2, 0) is 4.79 Å². The highest BCUT2D eigenvalue weighted by atomic mass is 16.2. The molecular weight excluding hydrogens is 388 g/mol. The van der Waals surface area contributed by atoms with Crippen LogP contribution in [0.4, 0.5) is 5.69 Å². The number of hydrogen-bond donors (Lipinski definition) is 2. The second kappa shape index (κ2) is 9.22. The summed E-state index contributed by atoms with van der Waals surface area (Å²) in [5.74, 6) is 0.319. The number of rotatable bonds is 4. The first kappa shape index (κ1) is 20.9. The molecule has 2 heterocycles. The summed E-state index contributed by atoms with van der Waals surface area (Å²) in [7, 11) is 0. The Labute approximate surface area is 182 Å². The Morgan fingerprint density at radius 1 is 1.19 bits per heavy atom. The second-order valence-corrected chi connectivity index (χ2v) is 8.43. The number of allylic oxidation sites excluding steroid dienone is 2. The van der Waals surface area contributed by atoms with Crippen LogP contribution in [0.1, 0.15) is 78.5 Å². The number of carbonyl (C=O) groups is 2. The first-order valence-electron chi connectivity index (χ1n) is 11.0. The van der Waals surface area contributed by atoms with E-state index in [0.717, 1.165) is 56.4 Å². The van der Waals surface area contributed by atoms with Gasteiger partial charge in [0, 0.05) is 37.5 Å². The average molecular weight is 417 g/mol. The number of amides is 2. The maximum Gasteiger partial charge on any atom is 0.272 e. The lowest BCUT2D eigenvalue weighted by Crippen LogP contribution is -2.36. The van der Waals surface area contributed by atoms with Gasteiger partial charge < -0.3 is 15.2 Å². The van der Waals surface area contributed by atoms with Crippen LogP contribution >= 0.6 is 0 Å². The van der Waals surface area contributed by atoms with Crippen LogP contribution in [0.25, 0.3) is 5.57 Å². The molecule has 4 rings (SSSR count). The van der Waals surface area contributed by atoms with Gasteiger partial charge in [0.25, 0.3) is 5.91 Å². The van der Waals surface area contributed by atoms with E-state index in [4.69, 9.17) is 5.26 Å². The predicted molar refractivity (Wildman–Crippen MR) is 121 cm³/mol. The van der Waals surface area contributed by atoms with Gasteiger partial charge in [0.15, 0.2) is 0 Å². The molecule has 0 radical (unpaired) electrons. The van der Waals surface area contributed by atoms with Gasteiger partial charge in [-0.1, -0.05) is 12.1 Å². The van der Waals surface area contributed by atoms with Gasteiger partial charge in [-0.15, -0.1) is 0 Å². The molecule has 1 fully saturated rings. The van der Waals surface area contributed by atoms with Gasteiger partial charge in [-0.3, -0.25) is 9.59 Å². The molecule has 0 atom stereocenters. The number of piperidine rings is 1. The zero-order chi connectivity index (χ0) is 21.8. The Morgan fingerprint density at radius 3 is 2.65 bits per heavy atom. The molecule has 2 N–H and O–H groups in total. The van der Waals surface area contributed by atoms with Gasteiger partial charge in [0.1, 0.15) is 11.8 Å². The fourth-order valence-corrected chi connectivity index (χ4v) is 4.58. The highest BCUT2D eigenvalue weighted by Gasteiger charge is 2.23. The molecule has 6 nitrogen and oxygen atoms in total. The number of anilines is 1. The molecule has 2 amide bonds. The van der Waals surface area contributed by atoms with Crippen molar-refractivity contribution in [2.24, 2.45) is 0 Å². The van der Waals surface area contributed by atoms with Crippen molar-refractivity contribution in [3.63, 3.8) is 0 Å². The first-order valence-corrected chi connectivity index (χ1v) is 11.0. The molecule has 1 aliphatic carbocycles. The number of nitrogens with one attached hydrogen (secondary N) is 2. The van der Waals surface area contributed by atoms with E-state index >= 15 is 0 Å². The molecule has 1 aromatic heterocycles. The molecule has 2 aliphatic rings. The quantitative estimate of drug-likeness (QED) is 0.749. The van der Waals surface area contributed by atoms with E-state index in [2.05, 4.69) is 28.5 Å². The topological polar surface area (TPSA) is 89.0 Å². The third-order valence-corrected chi connectivity index (χ3v) is 6.40. The molecule has 2 aromatic rings. The van der Waals surface area contributed by atoms with E-state index < -0.39 is 0 Å². The van der Waals surface area contributed by atoms with Crippen LogP contribution in [0.2, 0.25) is 0 Å². The van der Waals surface area contributed by atoms with Gasteiger partial charge in [-0.25, -0.2) is 0 Å². The van der Waals surface area contributed by atoms with Crippen molar-refractivity contribution >= 4 is 23.1 Å². The van der Waals surface area contributed by atoms with Crippen LogP contribution in [0, 0.1) is 11.3 Å². The monoisotopic (exact) mass is 416 g/mol. The fourth-order valence-electron chi connectivity index (χ4n) is 4.58. The third kappa shape index (κ3) is 4.72. The normalized spacial score (nSPS) is 17.0. The molecule has 0 unspecified atom stereocenters. The molecule has 6 heteroatoms. The van der Waals surface area contributed by atoms with E-state index in [1.54, 1.807) is 13.0 Å². The Hall–Kier alpha value is -3.33. The van der Waals surface area contributed by atoms with Crippen LogP contribution in [0.5, 0.6) is 0 Å². The number of hydrogen-bond acceptors (Lipinski definition) is 3. The largest absolute Gasteiger partial charge is 0.356 e. The third-order valence-electron chi connectivity index (χ3n) is 6.40. The highest BCUT2D eigenvalue weighted by Crippen LogP contribution is 2.36. The Bertz CT molecular complexity index is 1050. The minimum absolute atomic E-state index is 0.147. The number of nitrogens with zero attached hydrogens (tertiary/aromatic N) is 2. The summed E-state index contributed by atoms with van der Waals surface area (Å²) in [5, 5.41) is 12.0. The van der Waals surface area contributed by atoms with Crippen molar-refractivity contribution in [2.45, 2.75) is 51.4 Å². The summed E-state index contributed by atoms with van der Waals surface area (Å²) in [6, 6.07) is 9.94. The number of benzene rings is 1. The number of likely N-dealkylation sites (tertiary alicyclic amines) is 1. The molecule has 0 bridgehead atoms. The van der Waals surface area contributed by atoms with Gasteiger partial charge >= 0.3 is 0 Å². The first-order chi connectivity index (χ1) is 15.0. The number of carbonyl (C=O) groups excluding carboxylic acids is 2. The van der Waals surface area contributed by atoms with Crippen molar-refractivity contribution in [3.05, 3.63) is 58.9 Å². The zero-order valence-electron chi connectivity index (χ0n) is 17.9. The fraction of sp³-hybridized carbons (Fsp3) is 0.400. The zero-order valence-corrected chi connectivity index (χ0v) is 17.9. The molecule has 0 spiro atoms. The summed E-state index contributed by atoms with van der Waals surface area (Å²) in [5.41, 5.74) is 5.26. The van der Waals surface area contributed by atoms with Crippen LogP contribution in [0.3, 0.4) is 0 Å². The van der Waals surface area contributed by atoms with E-state index in [1.165, 1.54) is 23.8 Å². The lowest BCUT2D eigenvalue weighted by atomic mass is 9.85. The summed E-state index contributed by atoms with van der Waals surface area (Å²) in [6.07, 6.45) is 10.2. The maximum atomic E-state index is 12.8. The van der Waals surface area contributed by atoms with Crippen LogP contribution in [0.15, 0.2) is 36.5 Å². The number of H-pyrrole nitrogens is 1. The Kier molecular flexibility index (Phi) is 6.22. The molecule has 1 aromatic carbocycles. The summed E-state index contributed by atoms with van der Waals surface area (Å²) in [4.78, 5) is 29.2. The van der Waals surface area contributed by atoms with Crippen LogP contribution < -0.4 is 5.32 Å². The van der Waals surface area contributed by atoms with Gasteiger partial charge in [-0.2, -0.15) is 5.26 Å². The van der Waals surface area contributed by atoms with Gasteiger partial charge in [0.2, 0.25) is 5.91 Å². The second-order valence-electron chi connectivity index (χ2n) is 8.43. The van der Waals surface area contributed by atoms with Crippen molar-refractivity contribution in [1.82, 2.24) is 9.88 Å². The predicted octanol–water partition coefficient (Wildman–Crippen LogP) is 4.82. The molecule has 1 saturated heterocycles. The molecule has 160 valence electrons. The van der Waals surface area contributed by atoms with Gasteiger partial charge in [-0.05, 0) is 73.8 Å². The SMILES string of the molecule is CC(=O)N1CCC(c2ccc(NC(=O)c3cc(C#N)c[nH]3)c(C3=CCCCC3)c2)CC1. The lowest BCUT2D eigenvalue weighted by molar-refractivity contribution is -0.129. The average Bonchev–Trinajstić information content (AvgIpc) is 3.29. The van der Waals surface area contributed by atoms with Crippen LogP contribution in [-0.4, -0.2) is 34.8 Å². The van der Waals surface area contributed by atoms with Crippen molar-refractivity contribution in [1.29, 1.82) is 5.26 Å². The van der Waals surface area contributed by atoms with Crippen molar-refractivity contribution < 1.29 is 9.59 Å². The smallest absolute Gasteiger partial charge is 0.272 e. The number of nitriles is 1. The van der Waals surface area contributed by atoms with Gasteiger partial charge in [0.05, 0.1) is 5.56 Å².